The summed E-state index contributed by atoms with van der Waals surface area (Å²) in [5, 5.41) is 0. The monoisotopic (exact) mass is 240 g/mol. The van der Waals surface area contributed by atoms with E-state index < -0.39 is 0 Å². The van der Waals surface area contributed by atoms with E-state index in [0.717, 1.165) is 18.3 Å². The van der Waals surface area contributed by atoms with Crippen LogP contribution in [0.4, 0.5) is 0 Å². The molecule has 0 N–H and O–H groups in total. The van der Waals surface area contributed by atoms with Gasteiger partial charge in [0, 0.05) is 5.56 Å². The molecule has 1 fully saturated rings. The van der Waals surface area contributed by atoms with Crippen LogP contribution in [0.5, 0.6) is 5.75 Å². The molecule has 1 heteroatoms. The highest BCUT2D eigenvalue weighted by molar-refractivity contribution is 5.76. The third-order valence-corrected chi connectivity index (χ3v) is 5.43. The second-order valence-electron chi connectivity index (χ2n) is 6.39. The molecule has 1 saturated carbocycles. The first-order valence-electron chi connectivity index (χ1n) is 7.22. The molecule has 0 amide bonds. The molecule has 2 aliphatic carbocycles. The van der Waals surface area contributed by atoms with Gasteiger partial charge in [0.2, 0.25) is 0 Å². The molecule has 18 heavy (non-hydrogen) atoms. The van der Waals surface area contributed by atoms with Gasteiger partial charge in [0.15, 0.2) is 0 Å². The van der Waals surface area contributed by atoms with Gasteiger partial charge in [-0.3, -0.25) is 0 Å². The normalized spacial score (nSPS) is 33.5. The summed E-state index contributed by atoms with van der Waals surface area (Å²) in [6.07, 6.45) is 6.81. The number of hydrogen-bond donors (Lipinski definition) is 0. The van der Waals surface area contributed by atoms with Gasteiger partial charge >= 0.3 is 0 Å². The van der Waals surface area contributed by atoms with E-state index in [0.29, 0.717) is 5.41 Å². The van der Waals surface area contributed by atoms with E-state index >= 15 is 0 Å². The second kappa shape index (κ2) is 3.63. The predicted molar refractivity (Wildman–Crippen MR) is 73.5 cm³/mol. The van der Waals surface area contributed by atoms with E-state index in [1.165, 1.54) is 37.7 Å². The number of allylic oxidation sites excluding steroid dienone is 1. The molecule has 4 rings (SSSR count). The molecule has 2 atom stereocenters. The van der Waals surface area contributed by atoms with Gasteiger partial charge in [0.25, 0.3) is 0 Å². The maximum absolute atomic E-state index is 5.99. The van der Waals surface area contributed by atoms with Crippen molar-refractivity contribution in [2.75, 3.05) is 6.61 Å². The van der Waals surface area contributed by atoms with Crippen molar-refractivity contribution in [3.8, 4) is 5.75 Å². The van der Waals surface area contributed by atoms with Crippen molar-refractivity contribution >= 4 is 5.57 Å². The van der Waals surface area contributed by atoms with Gasteiger partial charge in [-0.25, -0.2) is 0 Å². The number of fused-ring (bicyclic) bond motifs is 4. The molecule has 0 aromatic heterocycles. The second-order valence-corrected chi connectivity index (χ2v) is 6.39. The van der Waals surface area contributed by atoms with E-state index in [-0.39, 0.29) is 0 Å². The van der Waals surface area contributed by atoms with Crippen LogP contribution in [0.15, 0.2) is 29.8 Å². The highest BCUT2D eigenvalue weighted by atomic mass is 16.5. The first kappa shape index (κ1) is 10.7. The Balaban J connectivity index is 1.85. The molecular weight excluding hydrogens is 220 g/mol. The summed E-state index contributed by atoms with van der Waals surface area (Å²) in [6, 6.07) is 8.57. The maximum atomic E-state index is 5.99. The minimum Gasteiger partial charge on any atom is -0.489 e. The minimum absolute atomic E-state index is 0.564. The zero-order chi connectivity index (χ0) is 12.2. The van der Waals surface area contributed by atoms with Crippen LogP contribution in [-0.4, -0.2) is 6.61 Å². The number of benzene rings is 1. The van der Waals surface area contributed by atoms with Gasteiger partial charge in [-0.1, -0.05) is 31.5 Å². The van der Waals surface area contributed by atoms with Gasteiger partial charge in [-0.05, 0) is 54.2 Å². The standard InChI is InChI=1S/C17H20O/c1-17-9-4-6-15(17)14-11-18-16-7-3-2-5-13(16)12(14)8-10-17/h2-3,5,7,15H,4,6,8-11H2,1H3/t15-,17-/m0/s1. The topological polar surface area (TPSA) is 9.23 Å². The van der Waals surface area contributed by atoms with Crippen molar-refractivity contribution in [2.45, 2.75) is 39.0 Å². The fourth-order valence-corrected chi connectivity index (χ4v) is 4.40. The lowest BCUT2D eigenvalue weighted by molar-refractivity contribution is 0.205. The van der Waals surface area contributed by atoms with Gasteiger partial charge in [-0.2, -0.15) is 0 Å². The van der Waals surface area contributed by atoms with Crippen molar-refractivity contribution in [3.63, 3.8) is 0 Å². The Morgan fingerprint density at radius 3 is 3.06 bits per heavy atom. The summed E-state index contributed by atoms with van der Waals surface area (Å²) >= 11 is 0. The van der Waals surface area contributed by atoms with Crippen molar-refractivity contribution in [3.05, 3.63) is 35.4 Å². The highest BCUT2D eigenvalue weighted by Crippen LogP contribution is 2.57. The largest absolute Gasteiger partial charge is 0.489 e. The molecule has 0 radical (unpaired) electrons. The Bertz CT molecular complexity index is 528. The molecule has 1 aromatic rings. The van der Waals surface area contributed by atoms with Crippen LogP contribution in [0.25, 0.3) is 5.57 Å². The van der Waals surface area contributed by atoms with Crippen LogP contribution in [0.1, 0.15) is 44.6 Å². The fraction of sp³-hybridized carbons (Fsp3) is 0.529. The van der Waals surface area contributed by atoms with Crippen LogP contribution in [0, 0.1) is 11.3 Å². The zero-order valence-corrected chi connectivity index (χ0v) is 11.0. The Morgan fingerprint density at radius 2 is 2.11 bits per heavy atom. The summed E-state index contributed by atoms with van der Waals surface area (Å²) in [5.74, 6) is 1.88. The molecule has 0 unspecified atom stereocenters. The van der Waals surface area contributed by atoms with E-state index in [2.05, 4.69) is 31.2 Å². The Hall–Kier alpha value is -1.24. The third kappa shape index (κ3) is 1.33. The molecule has 1 aliphatic heterocycles. The van der Waals surface area contributed by atoms with Gasteiger partial charge in [0.05, 0.1) is 0 Å². The van der Waals surface area contributed by atoms with Gasteiger partial charge in [-0.15, -0.1) is 0 Å². The molecule has 1 heterocycles. The van der Waals surface area contributed by atoms with Crippen molar-refractivity contribution in [2.24, 2.45) is 11.3 Å². The van der Waals surface area contributed by atoms with Crippen LogP contribution in [0.3, 0.4) is 0 Å². The summed E-state index contributed by atoms with van der Waals surface area (Å²) in [5.41, 5.74) is 5.17. The Morgan fingerprint density at radius 1 is 1.22 bits per heavy atom. The third-order valence-electron chi connectivity index (χ3n) is 5.43. The molecule has 94 valence electrons. The molecule has 0 bridgehead atoms. The zero-order valence-electron chi connectivity index (χ0n) is 11.0. The summed E-state index contributed by atoms with van der Waals surface area (Å²) in [7, 11) is 0. The van der Waals surface area contributed by atoms with Crippen molar-refractivity contribution in [1.82, 2.24) is 0 Å². The smallest absolute Gasteiger partial charge is 0.127 e. The molecule has 3 aliphatic rings. The van der Waals surface area contributed by atoms with Crippen LogP contribution < -0.4 is 4.74 Å². The quantitative estimate of drug-likeness (QED) is 0.651. The van der Waals surface area contributed by atoms with E-state index in [9.17, 15) is 0 Å². The lowest BCUT2D eigenvalue weighted by Crippen LogP contribution is -2.32. The van der Waals surface area contributed by atoms with Gasteiger partial charge < -0.3 is 4.74 Å². The number of ether oxygens (including phenoxy) is 1. The first-order chi connectivity index (χ1) is 8.78. The van der Waals surface area contributed by atoms with E-state index in [1.807, 2.05) is 0 Å². The number of para-hydroxylation sites is 1. The average Bonchev–Trinajstić information content (AvgIpc) is 2.80. The van der Waals surface area contributed by atoms with E-state index in [1.54, 1.807) is 11.1 Å². The van der Waals surface area contributed by atoms with Crippen LogP contribution in [-0.2, 0) is 0 Å². The minimum atomic E-state index is 0.564. The lowest BCUT2D eigenvalue weighted by Gasteiger charge is -2.41. The molecular formula is C17H20O. The molecule has 0 saturated heterocycles. The van der Waals surface area contributed by atoms with Crippen molar-refractivity contribution in [1.29, 1.82) is 0 Å². The molecule has 0 spiro atoms. The number of hydrogen-bond acceptors (Lipinski definition) is 1. The summed E-state index contributed by atoms with van der Waals surface area (Å²) in [6.45, 7) is 3.33. The van der Waals surface area contributed by atoms with Crippen molar-refractivity contribution < 1.29 is 4.74 Å². The molecule has 1 aromatic carbocycles. The average molecular weight is 240 g/mol. The fourth-order valence-electron chi connectivity index (χ4n) is 4.40. The summed E-state index contributed by atoms with van der Waals surface area (Å²) in [4.78, 5) is 0. The van der Waals surface area contributed by atoms with Gasteiger partial charge in [0.1, 0.15) is 12.4 Å². The van der Waals surface area contributed by atoms with Crippen LogP contribution in [0.2, 0.25) is 0 Å². The Labute approximate surface area is 109 Å². The SMILES string of the molecule is C[C@@]12CCC[C@H]1C1=C(CC2)c2ccccc2OC1. The molecule has 1 nitrogen and oxygen atoms in total. The van der Waals surface area contributed by atoms with E-state index in [4.69, 9.17) is 4.74 Å². The van der Waals surface area contributed by atoms with Crippen LogP contribution >= 0.6 is 0 Å². The first-order valence-corrected chi connectivity index (χ1v) is 7.22. The number of rotatable bonds is 0. The maximum Gasteiger partial charge on any atom is 0.127 e. The Kier molecular flexibility index (Phi) is 2.15. The predicted octanol–water partition coefficient (Wildman–Crippen LogP) is 4.43. The highest BCUT2D eigenvalue weighted by Gasteiger charge is 2.45. The lowest BCUT2D eigenvalue weighted by atomic mass is 9.65. The summed E-state index contributed by atoms with van der Waals surface area (Å²) < 4.78 is 5.99.